The van der Waals surface area contributed by atoms with Crippen molar-refractivity contribution in [3.8, 4) is 11.8 Å². The summed E-state index contributed by atoms with van der Waals surface area (Å²) in [6.45, 7) is 2.07. The van der Waals surface area contributed by atoms with Crippen molar-refractivity contribution in [1.82, 2.24) is 0 Å². The molecule has 0 fully saturated rings. The van der Waals surface area contributed by atoms with Gasteiger partial charge in [0.1, 0.15) is 0 Å². The van der Waals surface area contributed by atoms with Gasteiger partial charge in [-0.1, -0.05) is 44.4 Å². The van der Waals surface area contributed by atoms with Crippen molar-refractivity contribution in [3.05, 3.63) is 11.1 Å². The van der Waals surface area contributed by atoms with Gasteiger partial charge in [-0.2, -0.15) is 0 Å². The number of carboxylic acids is 1. The smallest absolute Gasteiger partial charge is 0.303 e. The van der Waals surface area contributed by atoms with E-state index in [1.807, 2.05) is 0 Å². The minimum atomic E-state index is -0.824. The molecule has 0 aromatic carbocycles. The number of aliphatic hydroxyl groups excluding tert-OH is 2. The Morgan fingerprint density at radius 1 is 1.24 bits per heavy atom. The Morgan fingerprint density at radius 2 is 1.96 bits per heavy atom. The number of aliphatic carboxylic acids is 1. The Morgan fingerprint density at radius 3 is 2.64 bits per heavy atom. The normalized spacial score (nSPS) is 18.2. The molecular formula is C20H30O5. The van der Waals surface area contributed by atoms with Crippen molar-refractivity contribution < 1.29 is 24.9 Å². The molecule has 0 spiro atoms. The van der Waals surface area contributed by atoms with Crippen LogP contribution in [0.4, 0.5) is 0 Å². The highest BCUT2D eigenvalue weighted by Crippen LogP contribution is 2.27. The second-order valence-electron chi connectivity index (χ2n) is 6.65. The molecule has 2 atom stereocenters. The third-order valence-corrected chi connectivity index (χ3v) is 4.39. The molecule has 0 heterocycles. The van der Waals surface area contributed by atoms with E-state index in [1.54, 1.807) is 0 Å². The fourth-order valence-electron chi connectivity index (χ4n) is 2.92. The number of ketones is 1. The van der Waals surface area contributed by atoms with Gasteiger partial charge in [0.05, 0.1) is 12.2 Å². The second kappa shape index (κ2) is 11.8. The molecule has 5 nitrogen and oxygen atoms in total. The maximum atomic E-state index is 12.0. The van der Waals surface area contributed by atoms with E-state index >= 15 is 0 Å². The summed E-state index contributed by atoms with van der Waals surface area (Å²) < 4.78 is 0. The number of carbonyl (C=O) groups is 2. The van der Waals surface area contributed by atoms with E-state index in [4.69, 9.17) is 5.11 Å². The summed E-state index contributed by atoms with van der Waals surface area (Å²) in [6.07, 6.45) is 5.73. The Labute approximate surface area is 150 Å². The van der Waals surface area contributed by atoms with Crippen LogP contribution in [0.5, 0.6) is 0 Å². The van der Waals surface area contributed by atoms with Gasteiger partial charge < -0.3 is 15.3 Å². The Kier molecular flexibility index (Phi) is 10.1. The monoisotopic (exact) mass is 350 g/mol. The zero-order valence-electron chi connectivity index (χ0n) is 15.1. The van der Waals surface area contributed by atoms with E-state index in [0.29, 0.717) is 30.4 Å². The number of Topliss-reactive ketones (excluding diaryl/α,β-unsaturated/α-hetero) is 1. The molecule has 0 bridgehead atoms. The van der Waals surface area contributed by atoms with Crippen molar-refractivity contribution in [3.63, 3.8) is 0 Å². The zero-order valence-corrected chi connectivity index (χ0v) is 15.1. The van der Waals surface area contributed by atoms with Gasteiger partial charge in [0.2, 0.25) is 0 Å². The van der Waals surface area contributed by atoms with Crippen LogP contribution in [-0.4, -0.2) is 39.3 Å². The van der Waals surface area contributed by atoms with E-state index in [9.17, 15) is 19.8 Å². The Balaban J connectivity index is 2.51. The van der Waals surface area contributed by atoms with Crippen LogP contribution in [0.2, 0.25) is 0 Å². The highest BCUT2D eigenvalue weighted by atomic mass is 16.4. The predicted molar refractivity (Wildman–Crippen MR) is 95.9 cm³/mol. The lowest BCUT2D eigenvalue weighted by Gasteiger charge is -2.05. The van der Waals surface area contributed by atoms with Gasteiger partial charge in [0.15, 0.2) is 5.78 Å². The lowest BCUT2D eigenvalue weighted by molar-refractivity contribution is -0.137. The summed E-state index contributed by atoms with van der Waals surface area (Å²) in [5, 5.41) is 28.4. The van der Waals surface area contributed by atoms with Gasteiger partial charge in [-0.15, -0.1) is 0 Å². The highest BCUT2D eigenvalue weighted by Gasteiger charge is 2.29. The fourth-order valence-corrected chi connectivity index (χ4v) is 2.92. The molecule has 25 heavy (non-hydrogen) atoms. The van der Waals surface area contributed by atoms with E-state index < -0.39 is 18.2 Å². The fraction of sp³-hybridized carbons (Fsp3) is 0.700. The van der Waals surface area contributed by atoms with Gasteiger partial charge in [-0.3, -0.25) is 9.59 Å². The molecule has 5 heteroatoms. The van der Waals surface area contributed by atoms with Crippen LogP contribution in [0.15, 0.2) is 11.1 Å². The van der Waals surface area contributed by atoms with E-state index in [-0.39, 0.29) is 18.6 Å². The average molecular weight is 350 g/mol. The number of aliphatic hydroxyl groups is 2. The first-order chi connectivity index (χ1) is 12.0. The van der Waals surface area contributed by atoms with Crippen molar-refractivity contribution in [2.75, 3.05) is 0 Å². The summed E-state index contributed by atoms with van der Waals surface area (Å²) in [5.74, 6) is 4.98. The number of carbonyl (C=O) groups excluding carboxylic acids is 1. The van der Waals surface area contributed by atoms with Crippen LogP contribution >= 0.6 is 0 Å². The first kappa shape index (κ1) is 21.4. The quantitative estimate of drug-likeness (QED) is 0.393. The van der Waals surface area contributed by atoms with Crippen molar-refractivity contribution in [1.29, 1.82) is 0 Å². The van der Waals surface area contributed by atoms with Gasteiger partial charge in [-0.05, 0) is 25.7 Å². The summed E-state index contributed by atoms with van der Waals surface area (Å²) in [6, 6.07) is 0. The molecule has 3 N–H and O–H groups in total. The molecule has 0 saturated carbocycles. The summed E-state index contributed by atoms with van der Waals surface area (Å²) >= 11 is 0. The summed E-state index contributed by atoms with van der Waals surface area (Å²) in [5.41, 5.74) is 1.12. The lowest BCUT2D eigenvalue weighted by atomic mass is 10.0. The number of allylic oxidation sites excluding steroid dienone is 1. The minimum absolute atomic E-state index is 0.0473. The maximum absolute atomic E-state index is 12.0. The van der Waals surface area contributed by atoms with E-state index in [2.05, 4.69) is 18.8 Å². The van der Waals surface area contributed by atoms with Gasteiger partial charge in [0.25, 0.3) is 0 Å². The van der Waals surface area contributed by atoms with Crippen LogP contribution in [0.1, 0.15) is 77.6 Å². The van der Waals surface area contributed by atoms with Crippen LogP contribution < -0.4 is 0 Å². The molecule has 0 aliphatic heterocycles. The first-order valence-electron chi connectivity index (χ1n) is 9.28. The molecular weight excluding hydrogens is 320 g/mol. The summed E-state index contributed by atoms with van der Waals surface area (Å²) in [7, 11) is 0. The van der Waals surface area contributed by atoms with Crippen LogP contribution in [0.25, 0.3) is 0 Å². The topological polar surface area (TPSA) is 94.8 Å². The maximum Gasteiger partial charge on any atom is 0.303 e. The zero-order chi connectivity index (χ0) is 18.7. The summed E-state index contributed by atoms with van der Waals surface area (Å²) in [4.78, 5) is 22.5. The van der Waals surface area contributed by atoms with Gasteiger partial charge >= 0.3 is 5.97 Å². The van der Waals surface area contributed by atoms with Crippen LogP contribution in [0, 0.1) is 11.8 Å². The van der Waals surface area contributed by atoms with E-state index in [1.165, 1.54) is 0 Å². The molecule has 1 aliphatic carbocycles. The number of hydrogen-bond acceptors (Lipinski definition) is 4. The Bertz CT molecular complexity index is 538. The molecule has 0 aromatic rings. The second-order valence-corrected chi connectivity index (χ2v) is 6.65. The molecule has 0 aromatic heterocycles. The third kappa shape index (κ3) is 8.33. The number of rotatable bonds is 11. The SMILES string of the molecule is CCCCC(O)CC#CC1=C(CCCCCCC(=O)O)C(=O)CC1O. The molecule has 0 radical (unpaired) electrons. The first-order valence-corrected chi connectivity index (χ1v) is 9.28. The minimum Gasteiger partial charge on any atom is -0.481 e. The van der Waals surface area contributed by atoms with Crippen molar-refractivity contribution in [2.24, 2.45) is 0 Å². The molecule has 1 aliphatic rings. The number of hydrogen-bond donors (Lipinski definition) is 3. The average Bonchev–Trinajstić information content (AvgIpc) is 2.82. The third-order valence-electron chi connectivity index (χ3n) is 4.39. The standard InChI is InChI=1S/C20H30O5/c1-2-3-9-15(21)10-8-12-17-16(18(22)14-19(17)23)11-6-4-5-7-13-20(24)25/h15,19,21,23H,2-7,9-11,13-14H2,1H3,(H,24,25). The van der Waals surface area contributed by atoms with E-state index in [0.717, 1.165) is 38.5 Å². The predicted octanol–water partition coefficient (Wildman–Crippen LogP) is 2.99. The van der Waals surface area contributed by atoms with Crippen LogP contribution in [0.3, 0.4) is 0 Å². The molecule has 1 rings (SSSR count). The van der Waals surface area contributed by atoms with Crippen molar-refractivity contribution in [2.45, 2.75) is 89.8 Å². The lowest BCUT2D eigenvalue weighted by Crippen LogP contribution is -2.06. The number of unbranched alkanes of at least 4 members (excludes halogenated alkanes) is 4. The van der Waals surface area contributed by atoms with Crippen molar-refractivity contribution >= 4 is 11.8 Å². The molecule has 140 valence electrons. The largest absolute Gasteiger partial charge is 0.481 e. The van der Waals surface area contributed by atoms with Gasteiger partial charge in [-0.25, -0.2) is 0 Å². The molecule has 0 amide bonds. The number of carboxylic acid groups (broad SMARTS) is 1. The van der Waals surface area contributed by atoms with Gasteiger partial charge in [0, 0.05) is 30.4 Å². The molecule has 0 saturated heterocycles. The molecule has 2 unspecified atom stereocenters. The van der Waals surface area contributed by atoms with Crippen LogP contribution in [-0.2, 0) is 9.59 Å². The Hall–Kier alpha value is -1.64. The highest BCUT2D eigenvalue weighted by molar-refractivity contribution is 6.00.